The number of nitrogens with zero attached hydrogens (tertiary/aromatic N) is 1. The molecule has 1 aliphatic heterocycles. The molecule has 1 heterocycles. The van der Waals surface area contributed by atoms with E-state index in [1.54, 1.807) is 32.0 Å². The van der Waals surface area contributed by atoms with Gasteiger partial charge in [0.05, 0.1) is 16.9 Å². The molecule has 2 unspecified atom stereocenters. The molecule has 0 saturated carbocycles. The summed E-state index contributed by atoms with van der Waals surface area (Å²) in [5.41, 5.74) is 1.18. The van der Waals surface area contributed by atoms with Crippen LogP contribution in [0, 0.1) is 5.92 Å². The Morgan fingerprint density at radius 2 is 1.64 bits per heavy atom. The maximum absolute atomic E-state index is 12.8. The number of hydrogen-bond donors (Lipinski definition) is 0. The number of rotatable bonds is 2. The van der Waals surface area contributed by atoms with Crippen LogP contribution in [0.25, 0.3) is 0 Å². The average molecular weight is 317 g/mol. The van der Waals surface area contributed by atoms with E-state index in [9.17, 15) is 18.0 Å². The van der Waals surface area contributed by atoms with Crippen LogP contribution in [0.2, 0.25) is 0 Å². The minimum Gasteiger partial charge on any atom is -0.290 e. The summed E-state index contributed by atoms with van der Waals surface area (Å²) in [7, 11) is -3.76. The fourth-order valence-corrected chi connectivity index (χ4v) is 4.66. The highest BCUT2D eigenvalue weighted by Gasteiger charge is 2.48. The van der Waals surface area contributed by atoms with Crippen molar-refractivity contribution in [1.82, 2.24) is 4.31 Å². The molecular formula is C16H15NO4S. The molecule has 0 N–H and O–H groups in total. The lowest BCUT2D eigenvalue weighted by Gasteiger charge is -2.31. The fraction of sp³-hybridized carbons (Fsp3) is 0.250. The van der Waals surface area contributed by atoms with Crippen molar-refractivity contribution in [2.75, 3.05) is 0 Å². The number of hydrogen-bond acceptors (Lipinski definition) is 4. The summed E-state index contributed by atoms with van der Waals surface area (Å²) in [6.07, 6.45) is 2.70. The van der Waals surface area contributed by atoms with E-state index < -0.39 is 33.5 Å². The Kier molecular flexibility index (Phi) is 3.29. The summed E-state index contributed by atoms with van der Waals surface area (Å²) in [5.74, 6) is -1.82. The Morgan fingerprint density at radius 3 is 2.27 bits per heavy atom. The second-order valence-electron chi connectivity index (χ2n) is 5.56. The number of sulfonamides is 1. The number of ketones is 2. The van der Waals surface area contributed by atoms with E-state index in [1.807, 2.05) is 0 Å². The van der Waals surface area contributed by atoms with Crippen molar-refractivity contribution in [1.29, 1.82) is 0 Å². The van der Waals surface area contributed by atoms with E-state index >= 15 is 0 Å². The van der Waals surface area contributed by atoms with Gasteiger partial charge >= 0.3 is 0 Å². The normalized spacial score (nSPS) is 24.9. The summed E-state index contributed by atoms with van der Waals surface area (Å²) in [5, 5.41) is 0. The van der Waals surface area contributed by atoms with Gasteiger partial charge in [0.25, 0.3) is 10.0 Å². The maximum atomic E-state index is 12.8. The molecule has 1 aliphatic carbocycles. The van der Waals surface area contributed by atoms with Gasteiger partial charge in [0.2, 0.25) is 11.6 Å². The minimum atomic E-state index is -3.76. The van der Waals surface area contributed by atoms with E-state index in [-0.39, 0.29) is 4.90 Å². The molecule has 1 aromatic rings. The summed E-state index contributed by atoms with van der Waals surface area (Å²) < 4.78 is 26.9. The van der Waals surface area contributed by atoms with Crippen LogP contribution in [0.5, 0.6) is 0 Å². The SMILES string of the molecule is CC1=CN(S(=O)(=O)c2ccccc2)C2C(C)=CC(=O)C(=O)C12. The van der Waals surface area contributed by atoms with E-state index in [0.717, 1.165) is 0 Å². The molecule has 6 heteroatoms. The van der Waals surface area contributed by atoms with E-state index in [0.29, 0.717) is 11.1 Å². The monoisotopic (exact) mass is 317 g/mol. The average Bonchev–Trinajstić information content (AvgIpc) is 2.85. The minimum absolute atomic E-state index is 0.164. The van der Waals surface area contributed by atoms with Gasteiger partial charge in [-0.15, -0.1) is 0 Å². The summed E-state index contributed by atoms with van der Waals surface area (Å²) >= 11 is 0. The van der Waals surface area contributed by atoms with Crippen molar-refractivity contribution in [2.24, 2.45) is 5.92 Å². The Hall–Kier alpha value is -2.21. The van der Waals surface area contributed by atoms with Gasteiger partial charge in [-0.25, -0.2) is 8.42 Å². The van der Waals surface area contributed by atoms with Gasteiger partial charge < -0.3 is 0 Å². The largest absolute Gasteiger partial charge is 0.290 e. The number of carbonyl (C=O) groups excluding carboxylic acids is 2. The van der Waals surface area contributed by atoms with Gasteiger partial charge in [0, 0.05) is 6.20 Å². The van der Waals surface area contributed by atoms with E-state index in [2.05, 4.69) is 0 Å². The third kappa shape index (κ3) is 2.02. The van der Waals surface area contributed by atoms with Crippen LogP contribution in [-0.4, -0.2) is 30.3 Å². The summed E-state index contributed by atoms with van der Waals surface area (Å²) in [4.78, 5) is 24.0. The van der Waals surface area contributed by atoms with Crippen molar-refractivity contribution < 1.29 is 18.0 Å². The van der Waals surface area contributed by atoms with Crippen LogP contribution >= 0.6 is 0 Å². The van der Waals surface area contributed by atoms with Gasteiger partial charge in [0.15, 0.2) is 0 Å². The molecule has 3 rings (SSSR count). The fourth-order valence-electron chi connectivity index (χ4n) is 3.02. The molecule has 2 atom stereocenters. The Labute approximate surface area is 129 Å². The number of benzene rings is 1. The first-order chi connectivity index (χ1) is 10.3. The van der Waals surface area contributed by atoms with Crippen molar-refractivity contribution in [2.45, 2.75) is 24.8 Å². The van der Waals surface area contributed by atoms with Crippen molar-refractivity contribution >= 4 is 21.6 Å². The lowest BCUT2D eigenvalue weighted by Crippen LogP contribution is -2.44. The van der Waals surface area contributed by atoms with Crippen molar-refractivity contribution in [3.8, 4) is 0 Å². The number of carbonyl (C=O) groups is 2. The molecule has 0 radical (unpaired) electrons. The zero-order valence-corrected chi connectivity index (χ0v) is 13.0. The van der Waals surface area contributed by atoms with Crippen molar-refractivity contribution in [3.05, 3.63) is 53.8 Å². The highest BCUT2D eigenvalue weighted by Crippen LogP contribution is 2.39. The summed E-state index contributed by atoms with van der Waals surface area (Å²) in [6.45, 7) is 3.36. The first-order valence-corrected chi connectivity index (χ1v) is 8.31. The number of Topliss-reactive ketones (excluding diaryl/α,β-unsaturated/α-hetero) is 1. The number of fused-ring (bicyclic) bond motifs is 1. The lowest BCUT2D eigenvalue weighted by molar-refractivity contribution is -0.136. The summed E-state index contributed by atoms with van der Waals surface area (Å²) in [6, 6.07) is 7.42. The molecule has 0 saturated heterocycles. The highest BCUT2D eigenvalue weighted by molar-refractivity contribution is 7.89. The molecule has 5 nitrogen and oxygen atoms in total. The molecule has 2 aliphatic rings. The zero-order chi connectivity index (χ0) is 16.1. The Balaban J connectivity index is 2.12. The van der Waals surface area contributed by atoms with Gasteiger partial charge in [-0.2, -0.15) is 0 Å². The molecule has 0 spiro atoms. The maximum Gasteiger partial charge on any atom is 0.264 e. The van der Waals surface area contributed by atoms with Crippen LogP contribution < -0.4 is 0 Å². The predicted molar refractivity (Wildman–Crippen MR) is 80.3 cm³/mol. The molecule has 1 aromatic carbocycles. The molecule has 0 amide bonds. The molecule has 0 bridgehead atoms. The second kappa shape index (κ2) is 4.91. The lowest BCUT2D eigenvalue weighted by atomic mass is 9.81. The van der Waals surface area contributed by atoms with Crippen LogP contribution in [0.4, 0.5) is 0 Å². The first-order valence-electron chi connectivity index (χ1n) is 6.87. The van der Waals surface area contributed by atoms with E-state index in [1.165, 1.54) is 28.7 Å². The molecule has 0 aromatic heterocycles. The molecule has 22 heavy (non-hydrogen) atoms. The van der Waals surface area contributed by atoms with Gasteiger partial charge in [-0.1, -0.05) is 18.2 Å². The van der Waals surface area contributed by atoms with Crippen LogP contribution in [-0.2, 0) is 19.6 Å². The second-order valence-corrected chi connectivity index (χ2v) is 7.40. The molecule has 114 valence electrons. The highest BCUT2D eigenvalue weighted by atomic mass is 32.2. The number of allylic oxidation sites excluding steroid dienone is 1. The third-order valence-electron chi connectivity index (χ3n) is 4.08. The van der Waals surface area contributed by atoms with Crippen LogP contribution in [0.1, 0.15) is 13.8 Å². The van der Waals surface area contributed by atoms with Gasteiger partial charge in [-0.05, 0) is 43.2 Å². The first kappa shape index (κ1) is 14.7. The standard InChI is InChI=1S/C16H15NO4S/c1-10-8-13(18)16(19)14-11(2)9-17(15(10)14)22(20,21)12-6-4-3-5-7-12/h3-9,14-15H,1-2H3. The molecule has 0 fully saturated rings. The Bertz CT molecular complexity index is 821. The third-order valence-corrected chi connectivity index (χ3v) is 5.84. The van der Waals surface area contributed by atoms with E-state index in [4.69, 9.17) is 0 Å². The predicted octanol–water partition coefficient (Wildman–Crippen LogP) is 1.68. The Morgan fingerprint density at radius 1 is 1.00 bits per heavy atom. The zero-order valence-electron chi connectivity index (χ0n) is 12.2. The smallest absolute Gasteiger partial charge is 0.264 e. The van der Waals surface area contributed by atoms with Gasteiger partial charge in [0.1, 0.15) is 0 Å². The van der Waals surface area contributed by atoms with Crippen LogP contribution in [0.3, 0.4) is 0 Å². The topological polar surface area (TPSA) is 71.5 Å². The molecular weight excluding hydrogens is 302 g/mol. The van der Waals surface area contributed by atoms with Crippen molar-refractivity contribution in [3.63, 3.8) is 0 Å². The van der Waals surface area contributed by atoms with Gasteiger partial charge in [-0.3, -0.25) is 13.9 Å². The quantitative estimate of drug-likeness (QED) is 0.778. The van der Waals surface area contributed by atoms with Crippen LogP contribution in [0.15, 0.2) is 58.6 Å².